The lowest BCUT2D eigenvalue weighted by Gasteiger charge is -2.33. The fourth-order valence-corrected chi connectivity index (χ4v) is 2.22. The molecule has 1 N–H and O–H groups in total. The Bertz CT molecular complexity index is 399. The van der Waals surface area contributed by atoms with E-state index < -0.39 is 11.7 Å². The summed E-state index contributed by atoms with van der Waals surface area (Å²) in [6.45, 7) is 2.39. The van der Waals surface area contributed by atoms with Crippen LogP contribution in [0.4, 0.5) is 13.2 Å². The van der Waals surface area contributed by atoms with Crippen LogP contribution in [0.15, 0.2) is 24.3 Å². The minimum Gasteiger partial charge on any atom is -0.394 e. The van der Waals surface area contributed by atoms with Gasteiger partial charge in [-0.25, -0.2) is 0 Å². The van der Waals surface area contributed by atoms with E-state index in [1.54, 1.807) is 0 Å². The number of nitrogens with zero attached hydrogens (tertiary/aromatic N) is 1. The van der Waals surface area contributed by atoms with E-state index in [-0.39, 0.29) is 12.6 Å². The van der Waals surface area contributed by atoms with Crippen molar-refractivity contribution < 1.29 is 23.0 Å². The monoisotopic (exact) mass is 275 g/mol. The Morgan fingerprint density at radius 2 is 1.74 bits per heavy atom. The summed E-state index contributed by atoms with van der Waals surface area (Å²) < 4.78 is 42.7. The van der Waals surface area contributed by atoms with Crippen molar-refractivity contribution in [2.24, 2.45) is 0 Å². The molecule has 0 spiro atoms. The normalized spacial score (nSPS) is 19.4. The smallest absolute Gasteiger partial charge is 0.394 e. The predicted octanol–water partition coefficient (Wildman–Crippen LogP) is 2.07. The van der Waals surface area contributed by atoms with E-state index in [0.717, 1.165) is 12.1 Å². The van der Waals surface area contributed by atoms with Crippen LogP contribution in [0.5, 0.6) is 0 Å². The maximum atomic E-state index is 12.5. The van der Waals surface area contributed by atoms with Crippen molar-refractivity contribution in [1.29, 1.82) is 0 Å². The van der Waals surface area contributed by atoms with E-state index >= 15 is 0 Å². The number of morpholine rings is 1. The van der Waals surface area contributed by atoms with E-state index in [4.69, 9.17) is 4.74 Å². The summed E-state index contributed by atoms with van der Waals surface area (Å²) in [5, 5.41) is 9.46. The summed E-state index contributed by atoms with van der Waals surface area (Å²) in [4.78, 5) is 2.02. The van der Waals surface area contributed by atoms with Gasteiger partial charge in [0, 0.05) is 13.1 Å². The van der Waals surface area contributed by atoms with Crippen LogP contribution in [-0.4, -0.2) is 42.9 Å². The number of rotatable bonds is 3. The third-order valence-electron chi connectivity index (χ3n) is 3.28. The molecule has 1 atom stereocenters. The van der Waals surface area contributed by atoms with Crippen molar-refractivity contribution in [3.8, 4) is 0 Å². The van der Waals surface area contributed by atoms with Crippen molar-refractivity contribution in [3.05, 3.63) is 35.4 Å². The van der Waals surface area contributed by atoms with Crippen molar-refractivity contribution in [2.75, 3.05) is 32.9 Å². The maximum Gasteiger partial charge on any atom is 0.416 e. The van der Waals surface area contributed by atoms with Gasteiger partial charge in [0.2, 0.25) is 0 Å². The molecule has 6 heteroatoms. The Morgan fingerprint density at radius 1 is 1.16 bits per heavy atom. The van der Waals surface area contributed by atoms with Gasteiger partial charge in [0.25, 0.3) is 0 Å². The minimum absolute atomic E-state index is 0.120. The number of aliphatic hydroxyl groups is 1. The third kappa shape index (κ3) is 3.46. The van der Waals surface area contributed by atoms with E-state index in [0.29, 0.717) is 31.9 Å². The molecule has 1 aliphatic rings. The standard InChI is InChI=1S/C13H16F3NO2/c14-13(15,16)11-3-1-10(2-4-11)12(9-18)17-5-7-19-8-6-17/h1-4,12,18H,5-9H2. The number of ether oxygens (including phenoxy) is 1. The number of alkyl halides is 3. The Labute approximate surface area is 109 Å². The van der Waals surface area contributed by atoms with Crippen LogP contribution >= 0.6 is 0 Å². The Kier molecular flexibility index (Phi) is 4.44. The third-order valence-corrected chi connectivity index (χ3v) is 3.28. The fourth-order valence-electron chi connectivity index (χ4n) is 2.22. The molecule has 19 heavy (non-hydrogen) atoms. The molecule has 0 amide bonds. The van der Waals surface area contributed by atoms with Crippen LogP contribution in [0.25, 0.3) is 0 Å². The first-order chi connectivity index (χ1) is 9.02. The number of hydrogen-bond donors (Lipinski definition) is 1. The Hall–Kier alpha value is -1.11. The first kappa shape index (κ1) is 14.3. The topological polar surface area (TPSA) is 32.7 Å². The van der Waals surface area contributed by atoms with Crippen molar-refractivity contribution in [2.45, 2.75) is 12.2 Å². The van der Waals surface area contributed by atoms with Gasteiger partial charge in [-0.1, -0.05) is 12.1 Å². The summed E-state index contributed by atoms with van der Waals surface area (Å²) in [5.41, 5.74) is 0.0207. The van der Waals surface area contributed by atoms with Gasteiger partial charge in [0.15, 0.2) is 0 Å². The number of hydrogen-bond acceptors (Lipinski definition) is 3. The Morgan fingerprint density at radius 3 is 2.21 bits per heavy atom. The molecule has 1 aliphatic heterocycles. The molecule has 0 saturated carbocycles. The zero-order chi connectivity index (χ0) is 13.9. The van der Waals surface area contributed by atoms with Crippen LogP contribution < -0.4 is 0 Å². The van der Waals surface area contributed by atoms with Gasteiger partial charge in [-0.2, -0.15) is 13.2 Å². The molecule has 0 aromatic heterocycles. The molecule has 1 heterocycles. The van der Waals surface area contributed by atoms with Gasteiger partial charge in [-0.3, -0.25) is 4.90 Å². The summed E-state index contributed by atoms with van der Waals surface area (Å²) >= 11 is 0. The lowest BCUT2D eigenvalue weighted by molar-refractivity contribution is -0.137. The second kappa shape index (κ2) is 5.90. The quantitative estimate of drug-likeness (QED) is 0.916. The van der Waals surface area contributed by atoms with E-state index in [1.807, 2.05) is 4.90 Å². The Balaban J connectivity index is 2.14. The van der Waals surface area contributed by atoms with Crippen LogP contribution in [0.3, 0.4) is 0 Å². The number of aliphatic hydroxyl groups excluding tert-OH is 1. The molecule has 2 rings (SSSR count). The zero-order valence-corrected chi connectivity index (χ0v) is 10.4. The molecule has 1 fully saturated rings. The van der Waals surface area contributed by atoms with Gasteiger partial charge in [0.1, 0.15) is 0 Å². The maximum absolute atomic E-state index is 12.5. The zero-order valence-electron chi connectivity index (χ0n) is 10.4. The predicted molar refractivity (Wildman–Crippen MR) is 63.7 cm³/mol. The molecule has 1 unspecified atom stereocenters. The van der Waals surface area contributed by atoms with Crippen LogP contribution in [0.1, 0.15) is 17.2 Å². The second-order valence-corrected chi connectivity index (χ2v) is 4.47. The molecular formula is C13H16F3NO2. The van der Waals surface area contributed by atoms with Gasteiger partial charge in [-0.05, 0) is 17.7 Å². The number of halogens is 3. The molecule has 106 valence electrons. The highest BCUT2D eigenvalue weighted by atomic mass is 19.4. The van der Waals surface area contributed by atoms with Crippen LogP contribution in [-0.2, 0) is 10.9 Å². The lowest BCUT2D eigenvalue weighted by Crippen LogP contribution is -2.40. The average Bonchev–Trinajstić information content (AvgIpc) is 2.40. The second-order valence-electron chi connectivity index (χ2n) is 4.47. The van der Waals surface area contributed by atoms with Gasteiger partial charge >= 0.3 is 6.18 Å². The van der Waals surface area contributed by atoms with Crippen molar-refractivity contribution in [3.63, 3.8) is 0 Å². The summed E-state index contributed by atoms with van der Waals surface area (Å²) in [5.74, 6) is 0. The van der Waals surface area contributed by atoms with Crippen LogP contribution in [0.2, 0.25) is 0 Å². The van der Waals surface area contributed by atoms with E-state index in [2.05, 4.69) is 0 Å². The van der Waals surface area contributed by atoms with Crippen LogP contribution in [0, 0.1) is 0 Å². The largest absolute Gasteiger partial charge is 0.416 e. The highest BCUT2D eigenvalue weighted by Crippen LogP contribution is 2.30. The lowest BCUT2D eigenvalue weighted by atomic mass is 10.0. The fraction of sp³-hybridized carbons (Fsp3) is 0.538. The molecule has 3 nitrogen and oxygen atoms in total. The SMILES string of the molecule is OCC(c1ccc(C(F)(F)F)cc1)N1CCOCC1. The summed E-state index contributed by atoms with van der Waals surface area (Å²) in [7, 11) is 0. The molecular weight excluding hydrogens is 259 g/mol. The summed E-state index contributed by atoms with van der Waals surface area (Å²) in [6, 6.07) is 4.70. The molecule has 0 bridgehead atoms. The van der Waals surface area contributed by atoms with Crippen molar-refractivity contribution >= 4 is 0 Å². The van der Waals surface area contributed by atoms with E-state index in [1.165, 1.54) is 12.1 Å². The average molecular weight is 275 g/mol. The first-order valence-corrected chi connectivity index (χ1v) is 6.12. The van der Waals surface area contributed by atoms with E-state index in [9.17, 15) is 18.3 Å². The van der Waals surface area contributed by atoms with Gasteiger partial charge in [0.05, 0.1) is 31.4 Å². The van der Waals surface area contributed by atoms with Gasteiger partial charge < -0.3 is 9.84 Å². The molecule has 1 saturated heterocycles. The molecule has 0 radical (unpaired) electrons. The van der Waals surface area contributed by atoms with Crippen molar-refractivity contribution in [1.82, 2.24) is 4.90 Å². The molecule has 1 aromatic rings. The summed E-state index contributed by atoms with van der Waals surface area (Å²) in [6.07, 6.45) is -4.33. The number of benzene rings is 1. The molecule has 0 aliphatic carbocycles. The highest BCUT2D eigenvalue weighted by molar-refractivity contribution is 5.27. The first-order valence-electron chi connectivity index (χ1n) is 6.12. The minimum atomic E-state index is -4.33. The highest BCUT2D eigenvalue weighted by Gasteiger charge is 2.30. The van der Waals surface area contributed by atoms with Gasteiger partial charge in [-0.15, -0.1) is 0 Å². The molecule has 1 aromatic carbocycles.